The molecule has 0 heterocycles. The summed E-state index contributed by atoms with van der Waals surface area (Å²) in [6, 6.07) is 0. The maximum Gasteiger partial charge on any atom is 0.296 e. The quantitative estimate of drug-likeness (QED) is 0.464. The molecule has 0 aromatic heterocycles. The molecule has 2 heteroatoms. The number of amides is 1. The van der Waals surface area contributed by atoms with Crippen molar-refractivity contribution in [2.75, 3.05) is 6.54 Å². The average molecular weight is 151 g/mol. The molecule has 0 aromatic carbocycles. The van der Waals surface area contributed by atoms with Crippen molar-refractivity contribution in [1.82, 2.24) is 5.32 Å². The summed E-state index contributed by atoms with van der Waals surface area (Å²) >= 11 is 0. The van der Waals surface area contributed by atoms with Crippen LogP contribution in [0, 0.1) is 11.8 Å². The van der Waals surface area contributed by atoms with Gasteiger partial charge in [0.25, 0.3) is 5.91 Å². The summed E-state index contributed by atoms with van der Waals surface area (Å²) in [5.74, 6) is 4.70. The monoisotopic (exact) mass is 151 g/mol. The molecule has 0 rings (SSSR count). The molecule has 0 saturated heterocycles. The molecule has 0 aliphatic heterocycles. The predicted molar refractivity (Wildman–Crippen MR) is 45.9 cm³/mol. The van der Waals surface area contributed by atoms with Crippen molar-refractivity contribution in [2.45, 2.75) is 20.8 Å². The summed E-state index contributed by atoms with van der Waals surface area (Å²) in [6.07, 6.45) is 1.94. The van der Waals surface area contributed by atoms with Crippen molar-refractivity contribution in [3.8, 4) is 11.8 Å². The number of carbonyl (C=O) groups excluding carboxylic acids is 1. The van der Waals surface area contributed by atoms with E-state index in [-0.39, 0.29) is 5.91 Å². The maximum absolute atomic E-state index is 10.7. The van der Waals surface area contributed by atoms with Gasteiger partial charge in [-0.3, -0.25) is 4.79 Å². The van der Waals surface area contributed by atoms with Crippen molar-refractivity contribution in [1.29, 1.82) is 0 Å². The van der Waals surface area contributed by atoms with Gasteiger partial charge in [-0.05, 0) is 26.7 Å². The van der Waals surface area contributed by atoms with E-state index < -0.39 is 0 Å². The van der Waals surface area contributed by atoms with Gasteiger partial charge in [0.15, 0.2) is 0 Å². The van der Waals surface area contributed by atoms with Crippen LogP contribution in [-0.2, 0) is 4.79 Å². The fourth-order valence-electron chi connectivity index (χ4n) is 0.506. The van der Waals surface area contributed by atoms with Crippen molar-refractivity contribution in [2.24, 2.45) is 0 Å². The van der Waals surface area contributed by atoms with Crippen molar-refractivity contribution in [3.63, 3.8) is 0 Å². The fourth-order valence-corrected chi connectivity index (χ4v) is 0.506. The summed E-state index contributed by atoms with van der Waals surface area (Å²) in [4.78, 5) is 10.7. The highest BCUT2D eigenvalue weighted by Gasteiger charge is 1.89. The molecule has 0 saturated carbocycles. The molecule has 0 aliphatic carbocycles. The minimum absolute atomic E-state index is 0.218. The fraction of sp³-hybridized carbons (Fsp3) is 0.444. The van der Waals surface area contributed by atoms with E-state index in [0.29, 0.717) is 6.54 Å². The van der Waals surface area contributed by atoms with Crippen LogP contribution in [0.25, 0.3) is 0 Å². The van der Waals surface area contributed by atoms with E-state index >= 15 is 0 Å². The first-order valence-electron chi connectivity index (χ1n) is 3.50. The third-order valence-corrected chi connectivity index (χ3v) is 1.01. The Morgan fingerprint density at radius 3 is 2.64 bits per heavy atom. The number of carbonyl (C=O) groups is 1. The normalized spacial score (nSPS) is 7.55. The molecule has 0 radical (unpaired) electrons. The Labute approximate surface area is 67.7 Å². The van der Waals surface area contributed by atoms with Crippen LogP contribution in [0.1, 0.15) is 20.8 Å². The number of nitrogens with one attached hydrogen (secondary N) is 1. The molecular formula is C9H13NO. The second kappa shape index (κ2) is 5.55. The number of hydrogen-bond acceptors (Lipinski definition) is 1. The lowest BCUT2D eigenvalue weighted by molar-refractivity contribution is -0.115. The van der Waals surface area contributed by atoms with E-state index in [2.05, 4.69) is 17.2 Å². The van der Waals surface area contributed by atoms with Gasteiger partial charge in [0.1, 0.15) is 0 Å². The zero-order valence-corrected chi connectivity index (χ0v) is 7.19. The Bertz CT molecular complexity index is 213. The van der Waals surface area contributed by atoms with E-state index in [9.17, 15) is 4.79 Å². The summed E-state index contributed by atoms with van der Waals surface area (Å²) in [5, 5.41) is 2.63. The zero-order chi connectivity index (χ0) is 8.69. The van der Waals surface area contributed by atoms with Gasteiger partial charge in [0.2, 0.25) is 0 Å². The Hall–Kier alpha value is -1.23. The summed E-state index contributed by atoms with van der Waals surface area (Å²) in [7, 11) is 0. The van der Waals surface area contributed by atoms with Crippen LogP contribution in [-0.4, -0.2) is 12.5 Å². The molecule has 2 nitrogen and oxygen atoms in total. The van der Waals surface area contributed by atoms with Gasteiger partial charge >= 0.3 is 0 Å². The topological polar surface area (TPSA) is 29.1 Å². The van der Waals surface area contributed by atoms with Gasteiger partial charge in [0, 0.05) is 6.54 Å². The van der Waals surface area contributed by atoms with Crippen LogP contribution in [0.15, 0.2) is 11.6 Å². The lowest BCUT2D eigenvalue weighted by atomic mass is 10.3. The van der Waals surface area contributed by atoms with E-state index in [4.69, 9.17) is 0 Å². The molecule has 60 valence electrons. The molecule has 0 spiro atoms. The predicted octanol–water partition coefficient (Wildman–Crippen LogP) is 1.09. The average Bonchev–Trinajstić information content (AvgIpc) is 1.87. The Morgan fingerprint density at radius 1 is 1.55 bits per heavy atom. The molecule has 11 heavy (non-hydrogen) atoms. The van der Waals surface area contributed by atoms with Crippen LogP contribution in [0.4, 0.5) is 0 Å². The maximum atomic E-state index is 10.7. The van der Waals surface area contributed by atoms with Gasteiger partial charge in [-0.15, -0.1) is 0 Å². The summed E-state index contributed by atoms with van der Waals surface area (Å²) in [6.45, 7) is 6.17. The van der Waals surface area contributed by atoms with Crippen LogP contribution < -0.4 is 5.32 Å². The first kappa shape index (κ1) is 9.77. The second-order valence-corrected chi connectivity index (χ2v) is 2.37. The third kappa shape index (κ3) is 6.66. The smallest absolute Gasteiger partial charge is 0.296 e. The van der Waals surface area contributed by atoms with Crippen molar-refractivity contribution < 1.29 is 4.79 Å². The van der Waals surface area contributed by atoms with Gasteiger partial charge in [-0.25, -0.2) is 0 Å². The summed E-state index contributed by atoms with van der Waals surface area (Å²) < 4.78 is 0. The van der Waals surface area contributed by atoms with E-state index in [1.165, 1.54) is 5.57 Å². The standard InChI is InChI=1S/C9H13NO/c1-4-5-9(11)10-7-6-8(2)3/h6H,7H2,1-3H3,(H,10,11). The molecular weight excluding hydrogens is 138 g/mol. The largest absolute Gasteiger partial charge is 0.342 e. The van der Waals surface area contributed by atoms with Crippen LogP contribution in [0.2, 0.25) is 0 Å². The van der Waals surface area contributed by atoms with Crippen LogP contribution in [0.3, 0.4) is 0 Å². The highest BCUT2D eigenvalue weighted by atomic mass is 16.1. The van der Waals surface area contributed by atoms with E-state index in [1.54, 1.807) is 6.92 Å². The first-order chi connectivity index (χ1) is 5.16. The van der Waals surface area contributed by atoms with Gasteiger partial charge in [0.05, 0.1) is 0 Å². The summed E-state index contributed by atoms with van der Waals surface area (Å²) in [5.41, 5.74) is 1.19. The van der Waals surface area contributed by atoms with E-state index in [0.717, 1.165) is 0 Å². The van der Waals surface area contributed by atoms with Crippen molar-refractivity contribution in [3.05, 3.63) is 11.6 Å². The van der Waals surface area contributed by atoms with Crippen LogP contribution >= 0.6 is 0 Å². The zero-order valence-electron chi connectivity index (χ0n) is 7.19. The Kier molecular flexibility index (Phi) is 4.93. The lowest BCUT2D eigenvalue weighted by Gasteiger charge is -1.94. The number of hydrogen-bond donors (Lipinski definition) is 1. The highest BCUT2D eigenvalue weighted by Crippen LogP contribution is 1.84. The van der Waals surface area contributed by atoms with Gasteiger partial charge < -0.3 is 5.32 Å². The Balaban J connectivity index is 3.61. The molecule has 1 amide bonds. The lowest BCUT2D eigenvalue weighted by Crippen LogP contribution is -2.21. The molecule has 0 aliphatic rings. The number of allylic oxidation sites excluding steroid dienone is 1. The molecule has 0 aromatic rings. The number of rotatable bonds is 2. The van der Waals surface area contributed by atoms with Gasteiger partial charge in [-0.1, -0.05) is 17.6 Å². The van der Waals surface area contributed by atoms with Crippen molar-refractivity contribution >= 4 is 5.91 Å². The third-order valence-electron chi connectivity index (χ3n) is 1.01. The highest BCUT2D eigenvalue weighted by molar-refractivity contribution is 5.93. The SMILES string of the molecule is CC#CC(=O)NCC=C(C)C. The molecule has 0 bridgehead atoms. The molecule has 0 unspecified atom stereocenters. The Morgan fingerprint density at radius 2 is 2.18 bits per heavy atom. The molecule has 0 atom stereocenters. The first-order valence-corrected chi connectivity index (χ1v) is 3.50. The molecule has 0 fully saturated rings. The van der Waals surface area contributed by atoms with E-state index in [1.807, 2.05) is 19.9 Å². The van der Waals surface area contributed by atoms with Gasteiger partial charge in [-0.2, -0.15) is 0 Å². The van der Waals surface area contributed by atoms with Crippen LogP contribution in [0.5, 0.6) is 0 Å². The molecule has 1 N–H and O–H groups in total. The second-order valence-electron chi connectivity index (χ2n) is 2.37. The minimum Gasteiger partial charge on any atom is -0.342 e. The minimum atomic E-state index is -0.218.